The lowest BCUT2D eigenvalue weighted by Gasteiger charge is -2.39. The number of amides is 2. The monoisotopic (exact) mass is 497 g/mol. The lowest BCUT2D eigenvalue weighted by molar-refractivity contribution is 0.0602. The molecule has 1 fully saturated rings. The van der Waals surface area contributed by atoms with Gasteiger partial charge < -0.3 is 16.0 Å². The first-order valence-corrected chi connectivity index (χ1v) is 11.9. The van der Waals surface area contributed by atoms with Crippen molar-refractivity contribution in [3.63, 3.8) is 0 Å². The molecule has 0 unspecified atom stereocenters. The van der Waals surface area contributed by atoms with Crippen molar-refractivity contribution in [3.8, 4) is 11.1 Å². The number of anilines is 2. The number of nitrogen functional groups attached to an aromatic ring is 1. The molecule has 5 rings (SSSR count). The van der Waals surface area contributed by atoms with Crippen molar-refractivity contribution in [3.05, 3.63) is 107 Å². The number of benzene rings is 2. The highest BCUT2D eigenvalue weighted by Crippen LogP contribution is 2.32. The van der Waals surface area contributed by atoms with Crippen LogP contribution in [0.25, 0.3) is 11.1 Å². The van der Waals surface area contributed by atoms with Gasteiger partial charge in [0.1, 0.15) is 5.15 Å². The Hall–Kier alpha value is -4.23. The zero-order valence-corrected chi connectivity index (χ0v) is 20.4. The van der Waals surface area contributed by atoms with Crippen molar-refractivity contribution in [2.75, 3.05) is 24.1 Å². The summed E-state index contributed by atoms with van der Waals surface area (Å²) in [6.45, 7) is 3.16. The van der Waals surface area contributed by atoms with Crippen LogP contribution in [0.4, 0.5) is 11.4 Å². The van der Waals surface area contributed by atoms with Crippen LogP contribution >= 0.6 is 11.6 Å². The molecule has 3 N–H and O–H groups in total. The number of pyridine rings is 2. The molecule has 7 nitrogen and oxygen atoms in total. The fourth-order valence-electron chi connectivity index (χ4n) is 4.24. The van der Waals surface area contributed by atoms with Gasteiger partial charge in [-0.3, -0.25) is 14.6 Å². The number of hydrogen-bond donors (Lipinski definition) is 2. The third kappa shape index (κ3) is 4.78. The summed E-state index contributed by atoms with van der Waals surface area (Å²) in [7, 11) is 0. The van der Waals surface area contributed by atoms with E-state index in [1.165, 1.54) is 11.8 Å². The minimum absolute atomic E-state index is 0.0592. The molecule has 1 aliphatic rings. The van der Waals surface area contributed by atoms with Crippen molar-refractivity contribution >= 4 is 34.8 Å². The summed E-state index contributed by atoms with van der Waals surface area (Å²) < 4.78 is 0. The summed E-state index contributed by atoms with van der Waals surface area (Å²) in [6.07, 6.45) is 4.79. The summed E-state index contributed by atoms with van der Waals surface area (Å²) in [5, 5.41) is 3.19. The highest BCUT2D eigenvalue weighted by Gasteiger charge is 2.32. The number of carbonyl (C=O) groups is 2. The van der Waals surface area contributed by atoms with E-state index in [1.807, 2.05) is 24.0 Å². The topological polar surface area (TPSA) is 101 Å². The van der Waals surface area contributed by atoms with Crippen LogP contribution in [0, 0.1) is 6.92 Å². The maximum absolute atomic E-state index is 13.1. The molecule has 0 spiro atoms. The highest BCUT2D eigenvalue weighted by molar-refractivity contribution is 6.29. The molecular formula is C28H24ClN5O2. The average molecular weight is 498 g/mol. The van der Waals surface area contributed by atoms with Gasteiger partial charge in [0.2, 0.25) is 0 Å². The van der Waals surface area contributed by atoms with Gasteiger partial charge in [-0.25, -0.2) is 4.98 Å². The highest BCUT2D eigenvalue weighted by atomic mass is 35.5. The van der Waals surface area contributed by atoms with E-state index in [1.54, 1.807) is 36.7 Å². The average Bonchev–Trinajstić information content (AvgIpc) is 2.85. The molecule has 8 heteroatoms. The van der Waals surface area contributed by atoms with E-state index in [2.05, 4.69) is 39.6 Å². The Balaban J connectivity index is 1.23. The van der Waals surface area contributed by atoms with Crippen LogP contribution < -0.4 is 11.1 Å². The van der Waals surface area contributed by atoms with E-state index in [0.29, 0.717) is 40.7 Å². The predicted molar refractivity (Wildman–Crippen MR) is 141 cm³/mol. The van der Waals surface area contributed by atoms with Gasteiger partial charge >= 0.3 is 0 Å². The minimum Gasteiger partial charge on any atom is -0.397 e. The molecule has 0 radical (unpaired) electrons. The van der Waals surface area contributed by atoms with Crippen LogP contribution in [-0.4, -0.2) is 39.8 Å². The Morgan fingerprint density at radius 3 is 2.44 bits per heavy atom. The van der Waals surface area contributed by atoms with Crippen molar-refractivity contribution in [2.24, 2.45) is 0 Å². The molecule has 0 bridgehead atoms. The maximum atomic E-state index is 13.1. The quantitative estimate of drug-likeness (QED) is 0.370. The van der Waals surface area contributed by atoms with Crippen LogP contribution in [0.5, 0.6) is 0 Å². The Bertz CT molecular complexity index is 1430. The van der Waals surface area contributed by atoms with E-state index in [0.717, 1.165) is 16.7 Å². The standard InChI is InChI=1S/C28H24ClN5O2/c1-17-2-3-20(12-25(17)33-27(35)21-8-9-26(29)32-13-21)28(36)34-15-22(16-34)18-4-6-19(7-5-18)23-10-11-31-14-24(23)30/h2-14,22H,15-16,30H2,1H3,(H,33,35). The largest absolute Gasteiger partial charge is 0.397 e. The molecule has 2 amide bonds. The summed E-state index contributed by atoms with van der Waals surface area (Å²) in [5.74, 6) is -0.0938. The predicted octanol–water partition coefficient (Wildman–Crippen LogP) is 5.18. The first-order chi connectivity index (χ1) is 17.4. The number of nitrogens with zero attached hydrogens (tertiary/aromatic N) is 3. The second-order valence-corrected chi connectivity index (χ2v) is 9.23. The van der Waals surface area contributed by atoms with E-state index in [9.17, 15) is 9.59 Å². The Labute approximate surface area is 214 Å². The van der Waals surface area contributed by atoms with Gasteiger partial charge in [-0.1, -0.05) is 41.9 Å². The fraction of sp³-hybridized carbons (Fsp3) is 0.143. The molecule has 0 aliphatic carbocycles. The van der Waals surface area contributed by atoms with Crippen LogP contribution in [0.15, 0.2) is 79.3 Å². The van der Waals surface area contributed by atoms with Gasteiger partial charge in [-0.05, 0) is 53.9 Å². The number of carbonyl (C=O) groups excluding carboxylic acids is 2. The molecule has 3 heterocycles. The molecule has 1 saturated heterocycles. The van der Waals surface area contributed by atoms with Gasteiger partial charge in [-0.2, -0.15) is 0 Å². The van der Waals surface area contributed by atoms with Crippen LogP contribution in [0.1, 0.15) is 37.8 Å². The zero-order chi connectivity index (χ0) is 25.2. The third-order valence-electron chi connectivity index (χ3n) is 6.44. The number of nitrogens with two attached hydrogens (primary N) is 1. The number of rotatable bonds is 5. The zero-order valence-electron chi connectivity index (χ0n) is 19.6. The number of halogens is 1. The smallest absolute Gasteiger partial charge is 0.257 e. The Morgan fingerprint density at radius 2 is 1.75 bits per heavy atom. The summed E-state index contributed by atoms with van der Waals surface area (Å²) in [5.41, 5.74) is 12.2. The lowest BCUT2D eigenvalue weighted by Crippen LogP contribution is -2.48. The number of aryl methyl sites for hydroxylation is 1. The number of nitrogens with one attached hydrogen (secondary N) is 1. The molecular weight excluding hydrogens is 474 g/mol. The van der Waals surface area contributed by atoms with E-state index >= 15 is 0 Å². The summed E-state index contributed by atoms with van der Waals surface area (Å²) in [4.78, 5) is 35.5. The molecule has 0 atom stereocenters. The molecule has 2 aromatic carbocycles. The van der Waals surface area contributed by atoms with E-state index in [-0.39, 0.29) is 17.7 Å². The van der Waals surface area contributed by atoms with Crippen molar-refractivity contribution in [1.82, 2.24) is 14.9 Å². The summed E-state index contributed by atoms with van der Waals surface area (Å²) >= 11 is 5.80. The molecule has 4 aromatic rings. The lowest BCUT2D eigenvalue weighted by atomic mass is 9.89. The van der Waals surface area contributed by atoms with Gasteiger partial charge in [-0.15, -0.1) is 0 Å². The molecule has 180 valence electrons. The first-order valence-electron chi connectivity index (χ1n) is 11.5. The second kappa shape index (κ2) is 9.79. The molecule has 36 heavy (non-hydrogen) atoms. The van der Waals surface area contributed by atoms with Crippen molar-refractivity contribution in [1.29, 1.82) is 0 Å². The first kappa shape index (κ1) is 23.5. The van der Waals surface area contributed by atoms with Crippen LogP contribution in [-0.2, 0) is 0 Å². The maximum Gasteiger partial charge on any atom is 0.257 e. The van der Waals surface area contributed by atoms with E-state index < -0.39 is 0 Å². The molecule has 0 saturated carbocycles. The molecule has 2 aromatic heterocycles. The summed E-state index contributed by atoms with van der Waals surface area (Å²) in [6, 6.07) is 18.7. The van der Waals surface area contributed by atoms with Crippen molar-refractivity contribution in [2.45, 2.75) is 12.8 Å². The Kier molecular flexibility index (Phi) is 6.40. The molecule has 1 aliphatic heterocycles. The van der Waals surface area contributed by atoms with Crippen molar-refractivity contribution < 1.29 is 9.59 Å². The fourth-order valence-corrected chi connectivity index (χ4v) is 4.35. The van der Waals surface area contributed by atoms with E-state index in [4.69, 9.17) is 17.3 Å². The number of hydrogen-bond acceptors (Lipinski definition) is 5. The van der Waals surface area contributed by atoms with Gasteiger partial charge in [0.25, 0.3) is 11.8 Å². The number of aromatic nitrogens is 2. The second-order valence-electron chi connectivity index (χ2n) is 8.85. The van der Waals surface area contributed by atoms with Gasteiger partial charge in [0.05, 0.1) is 17.4 Å². The SMILES string of the molecule is Cc1ccc(C(=O)N2CC(c3ccc(-c4ccncc4N)cc3)C2)cc1NC(=O)c1ccc(Cl)nc1. The van der Waals surface area contributed by atoms with Gasteiger partial charge in [0, 0.05) is 48.2 Å². The van der Waals surface area contributed by atoms with Gasteiger partial charge in [0.15, 0.2) is 0 Å². The minimum atomic E-state index is -0.312. The Morgan fingerprint density at radius 1 is 1.00 bits per heavy atom. The normalized spacial score (nSPS) is 13.2. The van der Waals surface area contributed by atoms with Crippen LogP contribution in [0.3, 0.4) is 0 Å². The van der Waals surface area contributed by atoms with Crippen LogP contribution in [0.2, 0.25) is 5.15 Å². The third-order valence-corrected chi connectivity index (χ3v) is 6.66. The number of likely N-dealkylation sites (tertiary alicyclic amines) is 1.